The lowest BCUT2D eigenvalue weighted by Gasteiger charge is -2.46. The van der Waals surface area contributed by atoms with Gasteiger partial charge in [0.05, 0.1) is 18.5 Å². The van der Waals surface area contributed by atoms with Gasteiger partial charge in [-0.2, -0.15) is 9.59 Å². The van der Waals surface area contributed by atoms with Crippen molar-refractivity contribution in [3.05, 3.63) is 12.7 Å². The lowest BCUT2D eigenvalue weighted by atomic mass is 9.75. The maximum atomic E-state index is 8.12. The van der Waals surface area contributed by atoms with Crippen molar-refractivity contribution in [2.75, 3.05) is 12.3 Å². The number of fused-ring (bicyclic) bond motifs is 2. The molecular formula is C26H40N6O4. The van der Waals surface area contributed by atoms with E-state index in [1.807, 2.05) is 20.2 Å². The Morgan fingerprint density at radius 1 is 1.17 bits per heavy atom. The number of nitrogens with zero attached hydrogens (tertiary/aromatic N) is 5. The molecule has 2 aromatic heterocycles. The first kappa shape index (κ1) is 26.7. The van der Waals surface area contributed by atoms with Gasteiger partial charge >= 0.3 is 6.15 Å². The van der Waals surface area contributed by atoms with Gasteiger partial charge in [0.1, 0.15) is 17.9 Å². The Morgan fingerprint density at radius 3 is 2.53 bits per heavy atom. The zero-order valence-electron chi connectivity index (χ0n) is 22.1. The van der Waals surface area contributed by atoms with Gasteiger partial charge in [-0.3, -0.25) is 4.90 Å². The van der Waals surface area contributed by atoms with Gasteiger partial charge in [-0.1, -0.05) is 26.2 Å². The van der Waals surface area contributed by atoms with E-state index in [0.29, 0.717) is 29.3 Å². The molecule has 2 N–H and O–H groups in total. The highest BCUT2D eigenvalue weighted by atomic mass is 16.8. The van der Waals surface area contributed by atoms with Crippen molar-refractivity contribution in [1.82, 2.24) is 24.4 Å². The molecule has 2 aliphatic carbocycles. The molecule has 0 bridgehead atoms. The third-order valence-corrected chi connectivity index (χ3v) is 8.05. The van der Waals surface area contributed by atoms with E-state index in [4.69, 9.17) is 24.8 Å². The second-order valence-electron chi connectivity index (χ2n) is 11.2. The van der Waals surface area contributed by atoms with E-state index in [1.165, 1.54) is 38.4 Å². The zero-order chi connectivity index (χ0) is 26.0. The van der Waals surface area contributed by atoms with E-state index < -0.39 is 5.79 Å². The summed E-state index contributed by atoms with van der Waals surface area (Å²) in [7, 11) is 0. The number of aromatic nitrogens is 4. The molecule has 2 saturated carbocycles. The molecule has 198 valence electrons. The van der Waals surface area contributed by atoms with Gasteiger partial charge in [-0.15, -0.1) is 0 Å². The van der Waals surface area contributed by atoms with Crippen LogP contribution in [-0.4, -0.2) is 67.2 Å². The summed E-state index contributed by atoms with van der Waals surface area (Å²) in [6.07, 6.45) is 11.4. The Bertz CT molecular complexity index is 1060. The molecule has 0 aromatic carbocycles. The van der Waals surface area contributed by atoms with E-state index >= 15 is 0 Å². The number of hydrogen-bond acceptors (Lipinski definition) is 9. The summed E-state index contributed by atoms with van der Waals surface area (Å²) in [6, 6.07) is 1.34. The van der Waals surface area contributed by atoms with E-state index in [9.17, 15) is 0 Å². The van der Waals surface area contributed by atoms with Crippen LogP contribution in [0.4, 0.5) is 5.82 Å². The molecule has 3 aliphatic rings. The quantitative estimate of drug-likeness (QED) is 0.579. The topological polar surface area (TPSA) is 125 Å². The number of anilines is 1. The Hall–Kier alpha value is -2.39. The summed E-state index contributed by atoms with van der Waals surface area (Å²) in [5, 5.41) is 0. The highest BCUT2D eigenvalue weighted by molar-refractivity contribution is 5.81. The molecule has 36 heavy (non-hydrogen) atoms. The van der Waals surface area contributed by atoms with E-state index in [0.717, 1.165) is 24.5 Å². The third-order valence-electron chi connectivity index (χ3n) is 8.05. The van der Waals surface area contributed by atoms with Crippen LogP contribution in [0.15, 0.2) is 12.7 Å². The first-order valence-corrected chi connectivity index (χ1v) is 13.2. The normalized spacial score (nSPS) is 30.6. The maximum Gasteiger partial charge on any atom is 0.373 e. The molecule has 1 saturated heterocycles. The van der Waals surface area contributed by atoms with Crippen molar-refractivity contribution in [2.45, 2.75) is 109 Å². The fourth-order valence-electron chi connectivity index (χ4n) is 6.37. The number of nitrogens with two attached hydrogens (primary N) is 1. The Balaban J connectivity index is 0.000000967. The zero-order valence-corrected chi connectivity index (χ0v) is 22.1. The van der Waals surface area contributed by atoms with Crippen LogP contribution in [0, 0.1) is 11.8 Å². The molecule has 3 fully saturated rings. The maximum absolute atomic E-state index is 8.12. The molecule has 1 aliphatic heterocycles. The molecule has 5 rings (SSSR count). The average molecular weight is 501 g/mol. The van der Waals surface area contributed by atoms with Crippen LogP contribution in [0.25, 0.3) is 11.2 Å². The number of unbranched alkanes of at least 4 members (excludes halogenated alkanes) is 1. The van der Waals surface area contributed by atoms with Crippen LogP contribution >= 0.6 is 0 Å². The first-order chi connectivity index (χ1) is 17.2. The Morgan fingerprint density at radius 2 is 1.86 bits per heavy atom. The van der Waals surface area contributed by atoms with E-state index in [1.54, 1.807) is 0 Å². The summed E-state index contributed by atoms with van der Waals surface area (Å²) >= 11 is 0. The number of ether oxygens (including phenoxy) is 2. The monoisotopic (exact) mass is 500 g/mol. The van der Waals surface area contributed by atoms with Gasteiger partial charge in [-0.05, 0) is 52.9 Å². The van der Waals surface area contributed by atoms with Crippen LogP contribution in [0.5, 0.6) is 0 Å². The van der Waals surface area contributed by atoms with Crippen molar-refractivity contribution in [2.24, 2.45) is 11.8 Å². The minimum Gasteiger partial charge on any atom is -0.382 e. The van der Waals surface area contributed by atoms with Gasteiger partial charge in [0.25, 0.3) is 0 Å². The number of nitrogen functional groups attached to an aromatic ring is 1. The fraction of sp³-hybridized carbons (Fsp3) is 0.769. The van der Waals surface area contributed by atoms with Crippen LogP contribution in [0.1, 0.15) is 79.2 Å². The molecule has 2 aromatic rings. The first-order valence-electron chi connectivity index (χ1n) is 13.2. The van der Waals surface area contributed by atoms with E-state index in [-0.39, 0.29) is 24.4 Å². The summed E-state index contributed by atoms with van der Waals surface area (Å²) < 4.78 is 15.1. The second-order valence-corrected chi connectivity index (χ2v) is 11.2. The van der Waals surface area contributed by atoms with E-state index in [2.05, 4.69) is 45.2 Å². The molecule has 0 unspecified atom stereocenters. The smallest absolute Gasteiger partial charge is 0.373 e. The lowest BCUT2D eigenvalue weighted by molar-refractivity contribution is -0.191. The Kier molecular flexibility index (Phi) is 8.09. The number of hydrogen-bond donors (Lipinski definition) is 1. The van der Waals surface area contributed by atoms with Crippen LogP contribution in [0.2, 0.25) is 0 Å². The standard InChI is InChI=1S/C25H40N6O2.CO2/c1-6-7-8-16-9-18(10-16)30(15(2)3)12-17-11-19(22-21(17)32-25(4,5)33-22)31-14-29-20-23(26)27-13-28-24(20)31;2-1-3/h13-19,21-22H,6-12H2,1-5H3,(H2,26,27,28);/t16?,17-,18?,19-,21-,22+;/m1./s1. The van der Waals surface area contributed by atoms with Gasteiger partial charge in [-0.25, -0.2) is 15.0 Å². The summed E-state index contributed by atoms with van der Waals surface area (Å²) in [6.45, 7) is 12.1. The summed E-state index contributed by atoms with van der Waals surface area (Å²) in [5.74, 6) is 1.15. The lowest BCUT2D eigenvalue weighted by Crippen LogP contribution is -2.50. The van der Waals surface area contributed by atoms with Crippen LogP contribution in [0.3, 0.4) is 0 Å². The van der Waals surface area contributed by atoms with Gasteiger partial charge in [0.15, 0.2) is 17.3 Å². The minimum absolute atomic E-state index is 0.0219. The summed E-state index contributed by atoms with van der Waals surface area (Å²) in [4.78, 5) is 32.1. The van der Waals surface area contributed by atoms with Gasteiger partial charge in [0.2, 0.25) is 0 Å². The number of imidazole rings is 1. The van der Waals surface area contributed by atoms with Crippen molar-refractivity contribution in [3.8, 4) is 0 Å². The molecule has 3 heterocycles. The van der Waals surface area contributed by atoms with Crippen molar-refractivity contribution in [1.29, 1.82) is 0 Å². The van der Waals surface area contributed by atoms with Crippen LogP contribution < -0.4 is 5.73 Å². The SMILES string of the molecule is CCCCC1CC(N(C[C@H]2C[C@@H](n3cnc4c(N)ncnc43)[C@@H]3OC(C)(C)O[C@H]23)C(C)C)C1.O=C=O. The highest BCUT2D eigenvalue weighted by Crippen LogP contribution is 2.48. The predicted molar refractivity (Wildman–Crippen MR) is 134 cm³/mol. The molecule has 4 atom stereocenters. The molecule has 10 nitrogen and oxygen atoms in total. The Labute approximate surface area is 212 Å². The highest BCUT2D eigenvalue weighted by Gasteiger charge is 2.55. The second kappa shape index (κ2) is 10.9. The van der Waals surface area contributed by atoms with Crippen molar-refractivity contribution < 1.29 is 19.1 Å². The third kappa shape index (κ3) is 5.32. The molecular weight excluding hydrogens is 460 g/mol. The van der Waals surface area contributed by atoms with Crippen LogP contribution in [-0.2, 0) is 19.1 Å². The molecule has 0 radical (unpaired) electrons. The minimum atomic E-state index is -0.582. The largest absolute Gasteiger partial charge is 0.382 e. The average Bonchev–Trinajstić information content (AvgIpc) is 3.44. The predicted octanol–water partition coefficient (Wildman–Crippen LogP) is 3.59. The van der Waals surface area contributed by atoms with Crippen molar-refractivity contribution in [3.63, 3.8) is 0 Å². The number of carbonyl (C=O) groups excluding carboxylic acids is 2. The fourth-order valence-corrected chi connectivity index (χ4v) is 6.37. The summed E-state index contributed by atoms with van der Waals surface area (Å²) in [5.41, 5.74) is 7.49. The molecule has 10 heteroatoms. The number of rotatable bonds is 8. The van der Waals surface area contributed by atoms with Crippen molar-refractivity contribution >= 4 is 23.1 Å². The van der Waals surface area contributed by atoms with Gasteiger partial charge in [0, 0.05) is 24.5 Å². The molecule has 0 spiro atoms. The van der Waals surface area contributed by atoms with Gasteiger partial charge < -0.3 is 19.8 Å². The molecule has 0 amide bonds.